The molecule has 0 saturated heterocycles. The molecule has 4 rings (SSSR count). The van der Waals surface area contributed by atoms with E-state index >= 15 is 0 Å². The smallest absolute Gasteiger partial charge is 0.302 e. The first-order valence-corrected chi connectivity index (χ1v) is 11.1. The van der Waals surface area contributed by atoms with Gasteiger partial charge in [-0.25, -0.2) is 0 Å². The van der Waals surface area contributed by atoms with Crippen LogP contribution >= 0.6 is 0 Å². The van der Waals surface area contributed by atoms with E-state index < -0.39 is 29.0 Å². The third kappa shape index (κ3) is 2.55. The minimum Gasteiger partial charge on any atom is -0.462 e. The van der Waals surface area contributed by atoms with Crippen LogP contribution < -0.4 is 0 Å². The van der Waals surface area contributed by atoms with Gasteiger partial charge in [-0.05, 0) is 54.9 Å². The van der Waals surface area contributed by atoms with E-state index in [0.29, 0.717) is 24.8 Å². The van der Waals surface area contributed by atoms with Crippen molar-refractivity contribution in [2.45, 2.75) is 85.0 Å². The van der Waals surface area contributed by atoms with Gasteiger partial charge in [-0.1, -0.05) is 27.4 Å². The molecule has 6 nitrogen and oxygen atoms in total. The Balaban J connectivity index is 1.90. The van der Waals surface area contributed by atoms with E-state index in [-0.39, 0.29) is 41.0 Å². The van der Waals surface area contributed by atoms with Crippen LogP contribution in [-0.2, 0) is 23.9 Å². The van der Waals surface area contributed by atoms with Crippen molar-refractivity contribution in [1.29, 1.82) is 0 Å². The number of hydrogen-bond donors (Lipinski definition) is 1. The Hall–Kier alpha value is -1.69. The molecular formula is C24H34O6. The normalized spacial score (nSPS) is 46.6. The van der Waals surface area contributed by atoms with Gasteiger partial charge in [-0.3, -0.25) is 14.4 Å². The van der Waals surface area contributed by atoms with Gasteiger partial charge >= 0.3 is 11.9 Å². The number of fused-ring (bicyclic) bond motifs is 3. The van der Waals surface area contributed by atoms with Gasteiger partial charge in [-0.15, -0.1) is 0 Å². The molecule has 1 N–H and O–H groups in total. The second-order valence-electron chi connectivity index (χ2n) is 10.8. The molecule has 0 aromatic carbocycles. The van der Waals surface area contributed by atoms with Crippen molar-refractivity contribution in [2.24, 2.45) is 34.0 Å². The molecule has 0 radical (unpaired) electrons. The summed E-state index contributed by atoms with van der Waals surface area (Å²) in [6.07, 6.45) is 1.45. The van der Waals surface area contributed by atoms with Crippen molar-refractivity contribution >= 4 is 17.7 Å². The van der Waals surface area contributed by atoms with Gasteiger partial charge in [0.1, 0.15) is 17.6 Å². The number of carbonyl (C=O) groups is 3. The predicted octanol–water partition coefficient (Wildman–Crippen LogP) is 3.21. The van der Waals surface area contributed by atoms with Crippen LogP contribution in [0.2, 0.25) is 0 Å². The second-order valence-corrected chi connectivity index (χ2v) is 10.8. The lowest BCUT2D eigenvalue weighted by Crippen LogP contribution is -2.70. The number of carbonyl (C=O) groups excluding carboxylic acids is 3. The molecule has 6 heteroatoms. The zero-order valence-electron chi connectivity index (χ0n) is 18.7. The number of hydrogen-bond acceptors (Lipinski definition) is 6. The standard InChI is InChI=1S/C24H34O6/c1-12-15-7-8-16-23(6)17(22(4,5)10-9-19(23)29-13(2)25)11-18(27)24(16,20(12)28)21(15)30-14(3)26/h15-19,21,27H,1,7-11H2,2-6H3. The first-order valence-electron chi connectivity index (χ1n) is 11.1. The number of Topliss-reactive ketones (excluding diaryl/α,β-unsaturated/α-hetero) is 1. The Labute approximate surface area is 178 Å². The van der Waals surface area contributed by atoms with Gasteiger partial charge in [-0.2, -0.15) is 0 Å². The maximum absolute atomic E-state index is 13.7. The van der Waals surface area contributed by atoms with E-state index in [9.17, 15) is 19.5 Å². The van der Waals surface area contributed by atoms with Crippen LogP contribution in [0.5, 0.6) is 0 Å². The fraction of sp³-hybridized carbons (Fsp3) is 0.792. The monoisotopic (exact) mass is 418 g/mol. The first-order chi connectivity index (χ1) is 13.9. The molecule has 0 heterocycles. The Morgan fingerprint density at radius 2 is 1.67 bits per heavy atom. The Morgan fingerprint density at radius 1 is 1.03 bits per heavy atom. The van der Waals surface area contributed by atoms with E-state index in [1.807, 2.05) is 0 Å². The van der Waals surface area contributed by atoms with Gasteiger partial charge in [0.2, 0.25) is 0 Å². The van der Waals surface area contributed by atoms with Gasteiger partial charge in [0.05, 0.1) is 6.10 Å². The number of esters is 2. The van der Waals surface area contributed by atoms with Crippen molar-refractivity contribution in [3.8, 4) is 0 Å². The Bertz CT molecular complexity index is 815. The van der Waals surface area contributed by atoms with E-state index in [1.54, 1.807) is 0 Å². The van der Waals surface area contributed by atoms with Crippen molar-refractivity contribution < 1.29 is 29.0 Å². The summed E-state index contributed by atoms with van der Waals surface area (Å²) in [5, 5.41) is 11.5. The summed E-state index contributed by atoms with van der Waals surface area (Å²) in [4.78, 5) is 37.7. The molecule has 0 aromatic heterocycles. The van der Waals surface area contributed by atoms with E-state index in [2.05, 4.69) is 27.4 Å². The number of aliphatic hydroxyl groups excluding tert-OH is 1. The highest BCUT2D eigenvalue weighted by atomic mass is 16.5. The van der Waals surface area contributed by atoms with Gasteiger partial charge in [0, 0.05) is 25.2 Å². The molecule has 4 saturated carbocycles. The van der Waals surface area contributed by atoms with Crippen LogP contribution in [-0.4, -0.2) is 41.1 Å². The summed E-state index contributed by atoms with van der Waals surface area (Å²) in [5.74, 6) is -1.38. The van der Waals surface area contributed by atoms with Crippen molar-refractivity contribution in [3.05, 3.63) is 12.2 Å². The largest absolute Gasteiger partial charge is 0.462 e. The van der Waals surface area contributed by atoms with Crippen LogP contribution in [0.3, 0.4) is 0 Å². The third-order valence-corrected chi connectivity index (χ3v) is 9.11. The highest BCUT2D eigenvalue weighted by Gasteiger charge is 2.76. The van der Waals surface area contributed by atoms with E-state index in [0.717, 1.165) is 12.8 Å². The highest BCUT2D eigenvalue weighted by molar-refractivity contribution is 6.04. The van der Waals surface area contributed by atoms with Gasteiger partial charge < -0.3 is 14.6 Å². The molecule has 4 aliphatic carbocycles. The molecule has 0 aliphatic heterocycles. The summed E-state index contributed by atoms with van der Waals surface area (Å²) in [7, 11) is 0. The topological polar surface area (TPSA) is 89.9 Å². The maximum Gasteiger partial charge on any atom is 0.302 e. The lowest BCUT2D eigenvalue weighted by atomic mass is 9.39. The van der Waals surface area contributed by atoms with Gasteiger partial charge in [0.15, 0.2) is 5.78 Å². The Kier molecular flexibility index (Phi) is 4.78. The molecule has 0 aromatic rings. The summed E-state index contributed by atoms with van der Waals surface area (Å²) in [5.41, 5.74) is -1.32. The number of rotatable bonds is 2. The number of aliphatic hydroxyl groups is 1. The molecule has 30 heavy (non-hydrogen) atoms. The predicted molar refractivity (Wildman–Crippen MR) is 109 cm³/mol. The van der Waals surface area contributed by atoms with Crippen LogP contribution in [0.15, 0.2) is 12.2 Å². The summed E-state index contributed by atoms with van der Waals surface area (Å²) >= 11 is 0. The molecule has 4 aliphatic rings. The van der Waals surface area contributed by atoms with Crippen LogP contribution in [0.1, 0.15) is 66.7 Å². The van der Waals surface area contributed by atoms with E-state index in [1.165, 1.54) is 13.8 Å². The molecule has 1 spiro atoms. The third-order valence-electron chi connectivity index (χ3n) is 9.11. The maximum atomic E-state index is 13.7. The van der Waals surface area contributed by atoms with Crippen molar-refractivity contribution in [3.63, 3.8) is 0 Å². The minimum atomic E-state index is -1.21. The van der Waals surface area contributed by atoms with Gasteiger partial charge in [0.25, 0.3) is 0 Å². The number of ether oxygens (including phenoxy) is 2. The van der Waals surface area contributed by atoms with Crippen molar-refractivity contribution in [1.82, 2.24) is 0 Å². The first kappa shape index (κ1) is 21.5. The van der Waals surface area contributed by atoms with Crippen molar-refractivity contribution in [2.75, 3.05) is 0 Å². The fourth-order valence-corrected chi connectivity index (χ4v) is 8.02. The summed E-state index contributed by atoms with van der Waals surface area (Å²) in [6, 6.07) is 0. The quantitative estimate of drug-likeness (QED) is 0.547. The molecule has 4 fully saturated rings. The van der Waals surface area contributed by atoms with Crippen LogP contribution in [0.25, 0.3) is 0 Å². The highest BCUT2D eigenvalue weighted by Crippen LogP contribution is 2.71. The SMILES string of the molecule is C=C1C(=O)C23C(O)CC4C(C)(C)CCC(OC(C)=O)C4(C)C2CCC1C3OC(C)=O. The molecule has 166 valence electrons. The average molecular weight is 419 g/mol. The zero-order valence-corrected chi connectivity index (χ0v) is 18.7. The molecule has 0 amide bonds. The lowest BCUT2D eigenvalue weighted by molar-refractivity contribution is -0.258. The molecule has 8 atom stereocenters. The van der Waals surface area contributed by atoms with Crippen LogP contribution in [0, 0.1) is 34.0 Å². The zero-order chi connectivity index (χ0) is 22.2. The number of ketones is 1. The average Bonchev–Trinajstić information content (AvgIpc) is 2.75. The Morgan fingerprint density at radius 3 is 2.27 bits per heavy atom. The lowest BCUT2D eigenvalue weighted by Gasteiger charge is -2.66. The minimum absolute atomic E-state index is 0.0690. The molecule has 8 unspecified atom stereocenters. The van der Waals surface area contributed by atoms with E-state index in [4.69, 9.17) is 9.47 Å². The summed E-state index contributed by atoms with van der Waals surface area (Å²) < 4.78 is 11.6. The second kappa shape index (κ2) is 6.65. The fourth-order valence-electron chi connectivity index (χ4n) is 8.02. The van der Waals surface area contributed by atoms with Crippen LogP contribution in [0.4, 0.5) is 0 Å². The summed E-state index contributed by atoms with van der Waals surface area (Å²) in [6.45, 7) is 13.3. The molecular weight excluding hydrogens is 384 g/mol. The molecule has 2 bridgehead atoms.